The lowest BCUT2D eigenvalue weighted by Gasteiger charge is -2.11. The van der Waals surface area contributed by atoms with Gasteiger partial charge in [0.1, 0.15) is 11.6 Å². The molecule has 0 heterocycles. The first-order valence-electron chi connectivity index (χ1n) is 5.76. The molecular formula is C13H17ClFNO2. The second-order valence-electron chi connectivity index (χ2n) is 4.14. The predicted molar refractivity (Wildman–Crippen MR) is 69.8 cm³/mol. The second-order valence-corrected chi connectivity index (χ2v) is 4.52. The van der Waals surface area contributed by atoms with E-state index in [0.717, 1.165) is 6.42 Å². The van der Waals surface area contributed by atoms with E-state index in [1.165, 1.54) is 19.2 Å². The smallest absolute Gasteiger partial charge is 0.254 e. The average molecular weight is 274 g/mol. The number of hydrogen-bond donors (Lipinski definition) is 1. The molecule has 0 bridgehead atoms. The summed E-state index contributed by atoms with van der Waals surface area (Å²) in [6, 6.07) is 4.16. The number of carbonyl (C=O) groups is 1. The Kier molecular flexibility index (Phi) is 5.92. The number of methoxy groups -OCH3 is 1. The molecule has 1 amide bonds. The fourth-order valence-corrected chi connectivity index (χ4v) is 1.83. The summed E-state index contributed by atoms with van der Waals surface area (Å²) in [6.45, 7) is 2.46. The molecule has 1 aromatic rings. The normalized spacial score (nSPS) is 12.0. The van der Waals surface area contributed by atoms with Gasteiger partial charge < -0.3 is 10.1 Å². The Morgan fingerprint density at radius 2 is 2.28 bits per heavy atom. The van der Waals surface area contributed by atoms with Gasteiger partial charge in [-0.3, -0.25) is 4.79 Å². The zero-order chi connectivity index (χ0) is 13.5. The lowest BCUT2D eigenvalue weighted by atomic mass is 10.1. The van der Waals surface area contributed by atoms with E-state index < -0.39 is 11.7 Å². The summed E-state index contributed by atoms with van der Waals surface area (Å²) in [5.74, 6) is 0.203. The first-order chi connectivity index (χ1) is 8.58. The van der Waals surface area contributed by atoms with Crippen LogP contribution in [0.2, 0.25) is 0 Å². The van der Waals surface area contributed by atoms with Gasteiger partial charge in [0.25, 0.3) is 5.91 Å². The van der Waals surface area contributed by atoms with Crippen LogP contribution in [0.15, 0.2) is 18.2 Å². The van der Waals surface area contributed by atoms with E-state index in [9.17, 15) is 9.18 Å². The third-order valence-electron chi connectivity index (χ3n) is 2.63. The molecule has 1 atom stereocenters. The van der Waals surface area contributed by atoms with Gasteiger partial charge in [-0.2, -0.15) is 0 Å². The molecule has 0 radical (unpaired) electrons. The van der Waals surface area contributed by atoms with Crippen molar-refractivity contribution < 1.29 is 13.9 Å². The highest BCUT2D eigenvalue weighted by molar-refractivity contribution is 6.17. The Morgan fingerprint density at radius 1 is 1.56 bits per heavy atom. The molecule has 0 aliphatic heterocycles. The molecule has 1 rings (SSSR count). The second kappa shape index (κ2) is 7.21. The van der Waals surface area contributed by atoms with Gasteiger partial charge in [-0.1, -0.05) is 6.92 Å². The molecule has 5 heteroatoms. The minimum Gasteiger partial charge on any atom is -0.497 e. The van der Waals surface area contributed by atoms with Crippen LogP contribution in [0.4, 0.5) is 4.39 Å². The van der Waals surface area contributed by atoms with Crippen molar-refractivity contribution in [2.75, 3.05) is 19.5 Å². The van der Waals surface area contributed by atoms with E-state index in [1.807, 2.05) is 6.92 Å². The number of alkyl halides is 1. The van der Waals surface area contributed by atoms with Gasteiger partial charge >= 0.3 is 0 Å². The number of ether oxygens (including phenoxy) is 1. The molecule has 0 saturated heterocycles. The van der Waals surface area contributed by atoms with Crippen LogP contribution in [0.3, 0.4) is 0 Å². The standard InChI is InChI=1S/C13H17ClFNO2/c1-9(5-6-14)8-16-13(17)11-4-3-10(18-2)7-12(11)15/h3-4,7,9H,5-6,8H2,1-2H3,(H,16,17). The number of benzene rings is 1. The average Bonchev–Trinajstić information content (AvgIpc) is 2.36. The zero-order valence-corrected chi connectivity index (χ0v) is 11.3. The molecule has 1 N–H and O–H groups in total. The van der Waals surface area contributed by atoms with Crippen LogP contribution in [0.5, 0.6) is 5.75 Å². The van der Waals surface area contributed by atoms with Crippen LogP contribution < -0.4 is 10.1 Å². The molecule has 0 aliphatic carbocycles. The van der Waals surface area contributed by atoms with E-state index in [2.05, 4.69) is 5.32 Å². The van der Waals surface area contributed by atoms with Crippen molar-refractivity contribution in [3.05, 3.63) is 29.6 Å². The Hall–Kier alpha value is -1.29. The van der Waals surface area contributed by atoms with E-state index in [4.69, 9.17) is 16.3 Å². The quantitative estimate of drug-likeness (QED) is 0.810. The summed E-state index contributed by atoms with van der Waals surface area (Å²) in [4.78, 5) is 11.7. The number of amides is 1. The van der Waals surface area contributed by atoms with E-state index >= 15 is 0 Å². The lowest BCUT2D eigenvalue weighted by Crippen LogP contribution is -2.29. The van der Waals surface area contributed by atoms with Crippen molar-refractivity contribution in [3.8, 4) is 5.75 Å². The molecule has 0 aliphatic rings. The Bertz CT molecular complexity index is 412. The highest BCUT2D eigenvalue weighted by Gasteiger charge is 2.13. The molecule has 0 spiro atoms. The largest absolute Gasteiger partial charge is 0.497 e. The third kappa shape index (κ3) is 4.18. The summed E-state index contributed by atoms with van der Waals surface area (Å²) in [7, 11) is 1.45. The maximum atomic E-state index is 13.6. The minimum absolute atomic E-state index is 0.0221. The Morgan fingerprint density at radius 3 is 2.83 bits per heavy atom. The summed E-state index contributed by atoms with van der Waals surface area (Å²) in [6.07, 6.45) is 0.812. The first-order valence-corrected chi connectivity index (χ1v) is 6.29. The highest BCUT2D eigenvalue weighted by Crippen LogP contribution is 2.16. The number of hydrogen-bond acceptors (Lipinski definition) is 2. The van der Waals surface area contributed by atoms with E-state index in [1.54, 1.807) is 6.07 Å². The summed E-state index contributed by atoms with van der Waals surface area (Å²) in [5.41, 5.74) is 0.0221. The van der Waals surface area contributed by atoms with Gasteiger partial charge in [0, 0.05) is 18.5 Å². The van der Waals surface area contributed by atoms with E-state index in [-0.39, 0.29) is 11.5 Å². The third-order valence-corrected chi connectivity index (χ3v) is 2.85. The molecule has 0 aromatic heterocycles. The SMILES string of the molecule is COc1ccc(C(=O)NCC(C)CCCl)c(F)c1. The molecule has 100 valence electrons. The topological polar surface area (TPSA) is 38.3 Å². The van der Waals surface area contributed by atoms with Crippen molar-refractivity contribution >= 4 is 17.5 Å². The number of rotatable bonds is 6. The number of halogens is 2. The lowest BCUT2D eigenvalue weighted by molar-refractivity contribution is 0.0944. The number of nitrogens with one attached hydrogen (secondary N) is 1. The van der Waals surface area contributed by atoms with E-state index in [0.29, 0.717) is 18.2 Å². The Labute approximate surface area is 111 Å². The van der Waals surface area contributed by atoms with Crippen molar-refractivity contribution in [3.63, 3.8) is 0 Å². The fourth-order valence-electron chi connectivity index (χ4n) is 1.46. The predicted octanol–water partition coefficient (Wildman–Crippen LogP) is 2.83. The van der Waals surface area contributed by atoms with Gasteiger partial charge in [0.05, 0.1) is 12.7 Å². The maximum absolute atomic E-state index is 13.6. The van der Waals surface area contributed by atoms with Crippen LogP contribution in [0, 0.1) is 11.7 Å². The van der Waals surface area contributed by atoms with Crippen molar-refractivity contribution in [2.24, 2.45) is 5.92 Å². The molecule has 3 nitrogen and oxygen atoms in total. The van der Waals surface area contributed by atoms with Crippen LogP contribution in [0.1, 0.15) is 23.7 Å². The molecule has 1 unspecified atom stereocenters. The first kappa shape index (κ1) is 14.8. The van der Waals surface area contributed by atoms with Crippen molar-refractivity contribution in [1.82, 2.24) is 5.32 Å². The molecular weight excluding hydrogens is 257 g/mol. The van der Waals surface area contributed by atoms with Gasteiger partial charge in [-0.05, 0) is 24.5 Å². The molecule has 1 aromatic carbocycles. The molecule has 18 heavy (non-hydrogen) atoms. The maximum Gasteiger partial charge on any atom is 0.254 e. The fraction of sp³-hybridized carbons (Fsp3) is 0.462. The van der Waals surface area contributed by atoms with Crippen LogP contribution in [-0.4, -0.2) is 25.4 Å². The molecule has 0 fully saturated rings. The summed E-state index contributed by atoms with van der Waals surface area (Å²) < 4.78 is 18.5. The van der Waals surface area contributed by atoms with Crippen LogP contribution in [-0.2, 0) is 0 Å². The van der Waals surface area contributed by atoms with Gasteiger partial charge in [0.2, 0.25) is 0 Å². The highest BCUT2D eigenvalue weighted by atomic mass is 35.5. The van der Waals surface area contributed by atoms with Gasteiger partial charge in [0.15, 0.2) is 0 Å². The van der Waals surface area contributed by atoms with Gasteiger partial charge in [-0.25, -0.2) is 4.39 Å². The Balaban J connectivity index is 2.61. The van der Waals surface area contributed by atoms with Crippen molar-refractivity contribution in [1.29, 1.82) is 0 Å². The number of carbonyl (C=O) groups excluding carboxylic acids is 1. The van der Waals surface area contributed by atoms with Crippen molar-refractivity contribution in [2.45, 2.75) is 13.3 Å². The monoisotopic (exact) mass is 273 g/mol. The van der Waals surface area contributed by atoms with Crippen LogP contribution in [0.25, 0.3) is 0 Å². The van der Waals surface area contributed by atoms with Gasteiger partial charge in [-0.15, -0.1) is 11.6 Å². The molecule has 0 saturated carbocycles. The summed E-state index contributed by atoms with van der Waals surface area (Å²) in [5, 5.41) is 2.68. The minimum atomic E-state index is -0.586. The van der Waals surface area contributed by atoms with Crippen LogP contribution >= 0.6 is 11.6 Å². The summed E-state index contributed by atoms with van der Waals surface area (Å²) >= 11 is 5.60. The zero-order valence-electron chi connectivity index (χ0n) is 10.5.